The highest BCUT2D eigenvalue weighted by molar-refractivity contribution is 5.82. The first-order chi connectivity index (χ1) is 7.05. The molecule has 0 N–H and O–H groups in total. The molecule has 1 saturated carbocycles. The Bertz CT molecular complexity index is 308. The third-order valence-electron chi connectivity index (χ3n) is 3.71. The van der Waals surface area contributed by atoms with E-state index in [2.05, 4.69) is 11.7 Å². The van der Waals surface area contributed by atoms with E-state index in [0.29, 0.717) is 12.0 Å². The highest BCUT2D eigenvalue weighted by atomic mass is 16.6. The number of rotatable bonds is 2. The third-order valence-corrected chi connectivity index (χ3v) is 3.71. The van der Waals surface area contributed by atoms with E-state index in [1.165, 1.54) is 7.11 Å². The van der Waals surface area contributed by atoms with E-state index in [1.807, 2.05) is 6.92 Å². The summed E-state index contributed by atoms with van der Waals surface area (Å²) in [6, 6.07) is 0. The number of esters is 1. The molecule has 1 heterocycles. The van der Waals surface area contributed by atoms with Gasteiger partial charge in [-0.3, -0.25) is 0 Å². The van der Waals surface area contributed by atoms with Crippen LogP contribution in [-0.2, 0) is 14.3 Å². The Morgan fingerprint density at radius 1 is 1.60 bits per heavy atom. The van der Waals surface area contributed by atoms with Crippen LogP contribution in [-0.4, -0.2) is 24.8 Å². The molecule has 1 aliphatic carbocycles. The van der Waals surface area contributed by atoms with Gasteiger partial charge in [-0.15, -0.1) is 0 Å². The number of hydrogen-bond acceptors (Lipinski definition) is 3. The molecule has 0 aromatic heterocycles. The molecule has 0 amide bonds. The summed E-state index contributed by atoms with van der Waals surface area (Å²) in [5, 5.41) is 0. The molecule has 1 saturated heterocycles. The van der Waals surface area contributed by atoms with Crippen LogP contribution in [0.15, 0.2) is 11.6 Å². The molecule has 0 aromatic carbocycles. The Kier molecular flexibility index (Phi) is 2.59. The molecule has 0 spiro atoms. The largest absolute Gasteiger partial charge is 0.466 e. The molecule has 15 heavy (non-hydrogen) atoms. The zero-order valence-corrected chi connectivity index (χ0v) is 9.58. The zero-order valence-electron chi connectivity index (χ0n) is 9.58. The Morgan fingerprint density at radius 2 is 2.33 bits per heavy atom. The van der Waals surface area contributed by atoms with Crippen LogP contribution in [0.2, 0.25) is 0 Å². The van der Waals surface area contributed by atoms with E-state index in [4.69, 9.17) is 4.74 Å². The number of methoxy groups -OCH3 is 1. The van der Waals surface area contributed by atoms with Crippen molar-refractivity contribution in [3.05, 3.63) is 11.6 Å². The maximum atomic E-state index is 11.1. The van der Waals surface area contributed by atoms with Crippen LogP contribution >= 0.6 is 0 Å². The number of fused-ring (bicyclic) bond motifs is 1. The summed E-state index contributed by atoms with van der Waals surface area (Å²) in [4.78, 5) is 11.1. The average Bonchev–Trinajstić information content (AvgIpc) is 2.87. The zero-order chi connectivity index (χ0) is 11.1. The molecule has 1 aliphatic heterocycles. The summed E-state index contributed by atoms with van der Waals surface area (Å²) in [6.07, 6.45) is 5.30. The molecule has 0 radical (unpaired) electrons. The van der Waals surface area contributed by atoms with E-state index in [-0.39, 0.29) is 11.6 Å². The summed E-state index contributed by atoms with van der Waals surface area (Å²) in [5.74, 6) is 0.238. The number of epoxide rings is 1. The summed E-state index contributed by atoms with van der Waals surface area (Å²) >= 11 is 0. The highest BCUT2D eigenvalue weighted by Gasteiger charge is 2.55. The third kappa shape index (κ3) is 2.07. The van der Waals surface area contributed by atoms with Crippen molar-refractivity contribution in [2.75, 3.05) is 7.11 Å². The topological polar surface area (TPSA) is 38.8 Å². The van der Waals surface area contributed by atoms with Crippen molar-refractivity contribution in [1.82, 2.24) is 0 Å². The van der Waals surface area contributed by atoms with Crippen LogP contribution in [0.3, 0.4) is 0 Å². The molecule has 84 valence electrons. The van der Waals surface area contributed by atoms with Crippen molar-refractivity contribution < 1.29 is 14.3 Å². The maximum Gasteiger partial charge on any atom is 0.330 e. The van der Waals surface area contributed by atoms with Gasteiger partial charge >= 0.3 is 5.97 Å². The fourth-order valence-electron chi connectivity index (χ4n) is 2.42. The van der Waals surface area contributed by atoms with Crippen molar-refractivity contribution in [2.24, 2.45) is 5.92 Å². The van der Waals surface area contributed by atoms with Crippen LogP contribution < -0.4 is 0 Å². The van der Waals surface area contributed by atoms with Gasteiger partial charge in [-0.1, -0.05) is 5.57 Å². The molecule has 0 bridgehead atoms. The van der Waals surface area contributed by atoms with Crippen molar-refractivity contribution >= 4 is 5.97 Å². The van der Waals surface area contributed by atoms with Gasteiger partial charge < -0.3 is 9.47 Å². The van der Waals surface area contributed by atoms with Crippen LogP contribution in [0.25, 0.3) is 0 Å². The van der Waals surface area contributed by atoms with Gasteiger partial charge in [0.2, 0.25) is 0 Å². The molecule has 3 heteroatoms. The molecule has 3 atom stereocenters. The van der Waals surface area contributed by atoms with Crippen molar-refractivity contribution in [3.63, 3.8) is 0 Å². The summed E-state index contributed by atoms with van der Waals surface area (Å²) in [6.45, 7) is 4.18. The van der Waals surface area contributed by atoms with Crippen molar-refractivity contribution in [2.45, 2.75) is 44.8 Å². The van der Waals surface area contributed by atoms with Gasteiger partial charge in [-0.25, -0.2) is 4.79 Å². The number of hydrogen-bond donors (Lipinski definition) is 0. The lowest BCUT2D eigenvalue weighted by Gasteiger charge is -2.22. The van der Waals surface area contributed by atoms with E-state index < -0.39 is 0 Å². The highest BCUT2D eigenvalue weighted by Crippen LogP contribution is 2.50. The quantitative estimate of drug-likeness (QED) is 0.398. The molecule has 2 rings (SSSR count). The summed E-state index contributed by atoms with van der Waals surface area (Å²) in [7, 11) is 1.41. The fraction of sp³-hybridized carbons (Fsp3) is 0.750. The second-order valence-corrected chi connectivity index (χ2v) is 4.80. The van der Waals surface area contributed by atoms with Crippen LogP contribution in [0.4, 0.5) is 0 Å². The molecule has 0 aromatic rings. The first kappa shape index (κ1) is 10.7. The molecule has 3 nitrogen and oxygen atoms in total. The first-order valence-electron chi connectivity index (χ1n) is 5.49. The van der Waals surface area contributed by atoms with Gasteiger partial charge in [0.15, 0.2) is 0 Å². The van der Waals surface area contributed by atoms with Crippen LogP contribution in [0, 0.1) is 5.92 Å². The Hall–Kier alpha value is -0.830. The second kappa shape index (κ2) is 3.63. The van der Waals surface area contributed by atoms with Crippen molar-refractivity contribution in [3.8, 4) is 0 Å². The number of carbonyl (C=O) groups is 1. The van der Waals surface area contributed by atoms with Crippen LogP contribution in [0.1, 0.15) is 33.1 Å². The predicted octanol–water partition coefficient (Wildman–Crippen LogP) is 2.06. The predicted molar refractivity (Wildman–Crippen MR) is 56.4 cm³/mol. The lowest BCUT2D eigenvalue weighted by Crippen LogP contribution is -2.22. The Morgan fingerprint density at radius 3 is 2.93 bits per heavy atom. The van der Waals surface area contributed by atoms with E-state index in [9.17, 15) is 4.79 Å². The van der Waals surface area contributed by atoms with Gasteiger partial charge in [-0.05, 0) is 39.0 Å². The number of allylic oxidation sites excluding steroid dienone is 1. The van der Waals surface area contributed by atoms with E-state index >= 15 is 0 Å². The minimum absolute atomic E-state index is 0.155. The van der Waals surface area contributed by atoms with E-state index in [0.717, 1.165) is 24.8 Å². The maximum absolute atomic E-state index is 11.1. The van der Waals surface area contributed by atoms with Gasteiger partial charge in [0.25, 0.3) is 0 Å². The van der Waals surface area contributed by atoms with Gasteiger partial charge in [0, 0.05) is 6.08 Å². The molecule has 2 aliphatic rings. The van der Waals surface area contributed by atoms with Crippen LogP contribution in [0.5, 0.6) is 0 Å². The van der Waals surface area contributed by atoms with E-state index in [1.54, 1.807) is 6.08 Å². The number of ether oxygens (including phenoxy) is 2. The fourth-order valence-corrected chi connectivity index (χ4v) is 2.42. The first-order valence-corrected chi connectivity index (χ1v) is 5.49. The SMILES string of the molecule is COC(=O)/C=C(/C)[C@@H]1CC[C@]2(C)O[C@@H]2C1. The molecule has 0 unspecified atom stereocenters. The normalized spacial score (nSPS) is 39.5. The second-order valence-electron chi connectivity index (χ2n) is 4.80. The summed E-state index contributed by atoms with van der Waals surface area (Å²) in [5.41, 5.74) is 1.28. The molecule has 2 fully saturated rings. The van der Waals surface area contributed by atoms with Gasteiger partial charge in [0.1, 0.15) is 0 Å². The average molecular weight is 210 g/mol. The minimum atomic E-state index is -0.252. The smallest absolute Gasteiger partial charge is 0.330 e. The Labute approximate surface area is 90.4 Å². The van der Waals surface area contributed by atoms with Crippen molar-refractivity contribution in [1.29, 1.82) is 0 Å². The lowest BCUT2D eigenvalue weighted by molar-refractivity contribution is -0.134. The molecular formula is C12H18O3. The van der Waals surface area contributed by atoms with Gasteiger partial charge in [0.05, 0.1) is 18.8 Å². The minimum Gasteiger partial charge on any atom is -0.466 e. The number of carbonyl (C=O) groups excluding carboxylic acids is 1. The Balaban J connectivity index is 1.95. The summed E-state index contributed by atoms with van der Waals surface area (Å²) < 4.78 is 10.3. The van der Waals surface area contributed by atoms with Gasteiger partial charge in [-0.2, -0.15) is 0 Å². The lowest BCUT2D eigenvalue weighted by atomic mass is 9.79. The monoisotopic (exact) mass is 210 g/mol. The molecular weight excluding hydrogens is 192 g/mol. The standard InChI is InChI=1S/C12H18O3/c1-8(6-11(13)14-3)9-4-5-12(2)10(7-9)15-12/h6,9-10H,4-5,7H2,1-3H3/b8-6-/t9-,10-,12+/m1/s1.